The molecule has 3 rings (SSSR count). The summed E-state index contributed by atoms with van der Waals surface area (Å²) in [5, 5.41) is 19.2. The number of rotatable bonds is 5. The highest BCUT2D eigenvalue weighted by molar-refractivity contribution is 6.20. The molecule has 0 unspecified atom stereocenters. The molecule has 0 aliphatic rings. The fourth-order valence-electron chi connectivity index (χ4n) is 2.88. The van der Waals surface area contributed by atoms with E-state index in [4.69, 9.17) is 5.11 Å². The molecule has 5 heteroatoms. The number of carbonyl (C=O) groups excluding carboxylic acids is 1. The van der Waals surface area contributed by atoms with E-state index in [1.807, 2.05) is 31.2 Å². The normalized spacial score (nSPS) is 11.3. The van der Waals surface area contributed by atoms with Gasteiger partial charge in [-0.2, -0.15) is 5.26 Å². The fraction of sp³-hybridized carbons (Fsp3) is 0.0952. The predicted molar refractivity (Wildman–Crippen MR) is 99.0 cm³/mol. The lowest BCUT2D eigenvalue weighted by Gasteiger charge is -2.01. The Bertz CT molecular complexity index is 1070. The van der Waals surface area contributed by atoms with Crippen molar-refractivity contribution in [1.82, 2.24) is 4.98 Å². The van der Waals surface area contributed by atoms with Crippen molar-refractivity contribution < 1.29 is 14.7 Å². The van der Waals surface area contributed by atoms with Crippen molar-refractivity contribution in [1.29, 1.82) is 5.26 Å². The number of nitriles is 1. The number of Topliss-reactive ketones (excluding diaryl/α,β-unsaturated/α-hetero) is 1. The number of aromatic nitrogens is 1. The van der Waals surface area contributed by atoms with Gasteiger partial charge in [0.25, 0.3) is 0 Å². The molecule has 3 aromatic rings. The molecule has 1 aromatic heterocycles. The van der Waals surface area contributed by atoms with Crippen molar-refractivity contribution >= 4 is 28.7 Å². The van der Waals surface area contributed by atoms with Crippen LogP contribution in [0.3, 0.4) is 0 Å². The number of allylic oxidation sites excluding steroid dienone is 1. The van der Waals surface area contributed by atoms with Gasteiger partial charge in [0.1, 0.15) is 11.6 Å². The zero-order chi connectivity index (χ0) is 18.7. The third-order valence-electron chi connectivity index (χ3n) is 4.26. The first-order chi connectivity index (χ1) is 12.5. The number of hydrogen-bond donors (Lipinski definition) is 2. The second-order valence-corrected chi connectivity index (χ2v) is 5.82. The molecule has 0 saturated heterocycles. The number of carboxylic acid groups (broad SMARTS) is 1. The average Bonchev–Trinajstić information content (AvgIpc) is 3.10. The Kier molecular flexibility index (Phi) is 4.68. The van der Waals surface area contributed by atoms with Crippen molar-refractivity contribution in [2.75, 3.05) is 0 Å². The molecule has 1 heterocycles. The number of aromatic carboxylic acids is 1. The van der Waals surface area contributed by atoms with Gasteiger partial charge in [0.05, 0.1) is 5.56 Å². The minimum Gasteiger partial charge on any atom is -0.478 e. The number of H-pyrrole nitrogens is 1. The Hall–Kier alpha value is -3.65. The Labute approximate surface area is 150 Å². The highest BCUT2D eigenvalue weighted by Gasteiger charge is 2.17. The third-order valence-corrected chi connectivity index (χ3v) is 4.26. The van der Waals surface area contributed by atoms with Crippen LogP contribution in [0.1, 0.15) is 38.8 Å². The maximum atomic E-state index is 12.8. The van der Waals surface area contributed by atoms with E-state index in [0.717, 1.165) is 22.9 Å². The van der Waals surface area contributed by atoms with Gasteiger partial charge < -0.3 is 10.1 Å². The van der Waals surface area contributed by atoms with Crippen LogP contribution in [0.4, 0.5) is 0 Å². The Balaban J connectivity index is 1.99. The maximum absolute atomic E-state index is 12.8. The fourth-order valence-corrected chi connectivity index (χ4v) is 2.88. The molecule has 2 aromatic carbocycles. The summed E-state index contributed by atoms with van der Waals surface area (Å²) in [6.07, 6.45) is 3.93. The van der Waals surface area contributed by atoms with Crippen LogP contribution in [-0.4, -0.2) is 21.8 Å². The largest absolute Gasteiger partial charge is 0.478 e. The number of nitrogens with one attached hydrogen (secondary N) is 1. The Morgan fingerprint density at radius 1 is 1.19 bits per heavy atom. The molecule has 0 amide bonds. The van der Waals surface area contributed by atoms with Crippen molar-refractivity contribution in [3.63, 3.8) is 0 Å². The van der Waals surface area contributed by atoms with E-state index in [0.29, 0.717) is 11.1 Å². The van der Waals surface area contributed by atoms with Crippen LogP contribution in [0.25, 0.3) is 17.0 Å². The summed E-state index contributed by atoms with van der Waals surface area (Å²) in [7, 11) is 0. The summed E-state index contributed by atoms with van der Waals surface area (Å²) in [5.41, 5.74) is 3.19. The third kappa shape index (κ3) is 3.13. The summed E-state index contributed by atoms with van der Waals surface area (Å²) < 4.78 is 0. The standard InChI is InChI=1S/C21H16N2O3/c1-2-14-4-3-5-17-18(12-23-19(14)17)20(24)16(11-22)10-13-6-8-15(9-7-13)21(25)26/h3-10,12,23H,2H2,1H3,(H,25,26)/b16-10+. The number of carboxylic acids is 1. The van der Waals surface area contributed by atoms with Crippen LogP contribution in [-0.2, 0) is 6.42 Å². The molecule has 5 nitrogen and oxygen atoms in total. The maximum Gasteiger partial charge on any atom is 0.335 e. The number of nitrogens with zero attached hydrogens (tertiary/aromatic N) is 1. The Morgan fingerprint density at radius 2 is 1.92 bits per heavy atom. The van der Waals surface area contributed by atoms with E-state index in [1.165, 1.54) is 18.2 Å². The molecular weight excluding hydrogens is 328 g/mol. The first-order valence-corrected chi connectivity index (χ1v) is 8.14. The summed E-state index contributed by atoms with van der Waals surface area (Å²) in [5.74, 6) is -1.39. The number of para-hydroxylation sites is 1. The summed E-state index contributed by atoms with van der Waals surface area (Å²) in [6, 6.07) is 13.7. The van der Waals surface area contributed by atoms with Crippen molar-refractivity contribution in [3.05, 3.63) is 76.5 Å². The number of hydrogen-bond acceptors (Lipinski definition) is 3. The molecule has 0 radical (unpaired) electrons. The molecule has 0 aliphatic carbocycles. The number of benzene rings is 2. The number of ketones is 1. The van der Waals surface area contributed by atoms with Crippen LogP contribution < -0.4 is 0 Å². The lowest BCUT2D eigenvalue weighted by molar-refractivity contribution is 0.0696. The van der Waals surface area contributed by atoms with E-state index >= 15 is 0 Å². The van der Waals surface area contributed by atoms with Crippen molar-refractivity contribution in [2.45, 2.75) is 13.3 Å². The van der Waals surface area contributed by atoms with E-state index < -0.39 is 5.97 Å². The molecule has 0 atom stereocenters. The molecule has 0 saturated carbocycles. The second kappa shape index (κ2) is 7.08. The second-order valence-electron chi connectivity index (χ2n) is 5.82. The monoisotopic (exact) mass is 344 g/mol. The van der Waals surface area contributed by atoms with E-state index in [2.05, 4.69) is 4.98 Å². The topological polar surface area (TPSA) is 93.9 Å². The van der Waals surface area contributed by atoms with Gasteiger partial charge in [-0.3, -0.25) is 4.79 Å². The molecule has 128 valence electrons. The lowest BCUT2D eigenvalue weighted by atomic mass is 9.99. The number of aromatic amines is 1. The number of aryl methyl sites for hydroxylation is 1. The first-order valence-electron chi connectivity index (χ1n) is 8.14. The van der Waals surface area contributed by atoms with E-state index in [-0.39, 0.29) is 16.9 Å². The number of carbonyl (C=O) groups is 2. The Morgan fingerprint density at radius 3 is 2.54 bits per heavy atom. The smallest absolute Gasteiger partial charge is 0.335 e. The molecule has 0 spiro atoms. The minimum absolute atomic E-state index is 0.00382. The van der Waals surface area contributed by atoms with Crippen molar-refractivity contribution in [2.24, 2.45) is 0 Å². The van der Waals surface area contributed by atoms with Crippen LogP contribution in [0.5, 0.6) is 0 Å². The molecule has 0 fully saturated rings. The quantitative estimate of drug-likeness (QED) is 0.412. The predicted octanol–water partition coefficient (Wildman–Crippen LogP) is 4.22. The zero-order valence-electron chi connectivity index (χ0n) is 14.1. The van der Waals surface area contributed by atoms with Gasteiger partial charge >= 0.3 is 5.97 Å². The van der Waals surface area contributed by atoms with Crippen LogP contribution >= 0.6 is 0 Å². The molecule has 26 heavy (non-hydrogen) atoms. The van der Waals surface area contributed by atoms with Crippen LogP contribution in [0.15, 0.2) is 54.2 Å². The minimum atomic E-state index is -1.03. The summed E-state index contributed by atoms with van der Waals surface area (Å²) in [6.45, 7) is 2.04. The van der Waals surface area contributed by atoms with E-state index in [1.54, 1.807) is 18.3 Å². The highest BCUT2D eigenvalue weighted by atomic mass is 16.4. The van der Waals surface area contributed by atoms with Gasteiger partial charge in [-0.25, -0.2) is 4.79 Å². The van der Waals surface area contributed by atoms with E-state index in [9.17, 15) is 14.9 Å². The lowest BCUT2D eigenvalue weighted by Crippen LogP contribution is -2.01. The van der Waals surface area contributed by atoms with Crippen LogP contribution in [0.2, 0.25) is 0 Å². The van der Waals surface area contributed by atoms with Crippen molar-refractivity contribution in [3.8, 4) is 6.07 Å². The molecule has 2 N–H and O–H groups in total. The van der Waals surface area contributed by atoms with Gasteiger partial charge in [-0.05, 0) is 35.8 Å². The van der Waals surface area contributed by atoms with Gasteiger partial charge in [0.15, 0.2) is 0 Å². The number of fused-ring (bicyclic) bond motifs is 1. The molecule has 0 bridgehead atoms. The highest BCUT2D eigenvalue weighted by Crippen LogP contribution is 2.25. The SMILES string of the molecule is CCc1cccc2c(C(=O)/C(C#N)=C/c3ccc(C(=O)O)cc3)c[nH]c12. The van der Waals surface area contributed by atoms with Crippen LogP contribution in [0, 0.1) is 11.3 Å². The average molecular weight is 344 g/mol. The summed E-state index contributed by atoms with van der Waals surface area (Å²) >= 11 is 0. The zero-order valence-corrected chi connectivity index (χ0v) is 14.1. The van der Waals surface area contributed by atoms with Gasteiger partial charge in [0.2, 0.25) is 5.78 Å². The first kappa shape index (κ1) is 17.2. The van der Waals surface area contributed by atoms with Gasteiger partial charge in [0, 0.05) is 22.7 Å². The molecule has 0 aliphatic heterocycles. The van der Waals surface area contributed by atoms with Gasteiger partial charge in [-0.15, -0.1) is 0 Å². The molecular formula is C21H16N2O3. The summed E-state index contributed by atoms with van der Waals surface area (Å²) in [4.78, 5) is 26.9. The van der Waals surface area contributed by atoms with Gasteiger partial charge in [-0.1, -0.05) is 37.3 Å².